The zero-order valence-electron chi connectivity index (χ0n) is 13.5. The third-order valence-corrected chi connectivity index (χ3v) is 4.20. The van der Waals surface area contributed by atoms with E-state index in [1.807, 2.05) is 6.92 Å². The Morgan fingerprint density at radius 2 is 1.96 bits per heavy atom. The molecule has 0 amide bonds. The van der Waals surface area contributed by atoms with Gasteiger partial charge in [-0.05, 0) is 55.2 Å². The van der Waals surface area contributed by atoms with Gasteiger partial charge < -0.3 is 9.57 Å². The van der Waals surface area contributed by atoms with Crippen molar-refractivity contribution in [3.8, 4) is 5.75 Å². The van der Waals surface area contributed by atoms with Crippen LogP contribution >= 0.6 is 0 Å². The molecule has 0 N–H and O–H groups in total. The molecule has 24 heavy (non-hydrogen) atoms. The summed E-state index contributed by atoms with van der Waals surface area (Å²) in [6.45, 7) is 1.84. The molecule has 0 heterocycles. The van der Waals surface area contributed by atoms with Gasteiger partial charge in [0.2, 0.25) is 0 Å². The minimum Gasteiger partial charge on any atom is -0.497 e. The number of carbonyl (C=O) groups is 1. The van der Waals surface area contributed by atoms with Gasteiger partial charge in [0.05, 0.1) is 18.4 Å². The number of nitrogens with zero attached hydrogens (tertiary/aromatic N) is 1. The van der Waals surface area contributed by atoms with Crippen molar-refractivity contribution in [2.24, 2.45) is 11.1 Å². The third-order valence-electron chi connectivity index (χ3n) is 4.20. The molecule has 1 saturated carbocycles. The maximum Gasteiger partial charge on any atom is 0.365 e. The van der Waals surface area contributed by atoms with Gasteiger partial charge in [-0.15, -0.1) is 0 Å². The lowest BCUT2D eigenvalue weighted by atomic mass is 10.1. The Morgan fingerprint density at radius 1 is 1.21 bits per heavy atom. The molecule has 0 radical (unpaired) electrons. The lowest BCUT2D eigenvalue weighted by Gasteiger charge is -2.03. The molecule has 4 nitrogen and oxygen atoms in total. The minimum absolute atomic E-state index is 0.230. The van der Waals surface area contributed by atoms with Crippen molar-refractivity contribution >= 4 is 11.7 Å². The minimum atomic E-state index is -0.521. The highest BCUT2D eigenvalue weighted by Crippen LogP contribution is 2.48. The zero-order valence-corrected chi connectivity index (χ0v) is 13.5. The van der Waals surface area contributed by atoms with Crippen molar-refractivity contribution in [3.63, 3.8) is 0 Å². The molecule has 3 rings (SSSR count). The quantitative estimate of drug-likeness (QED) is 0.470. The highest BCUT2D eigenvalue weighted by Gasteiger charge is 2.40. The molecule has 1 aliphatic carbocycles. The topological polar surface area (TPSA) is 47.9 Å². The van der Waals surface area contributed by atoms with Crippen LogP contribution in [0.3, 0.4) is 0 Å². The van der Waals surface area contributed by atoms with Crippen LogP contribution in [0.1, 0.15) is 35.2 Å². The molecule has 0 saturated heterocycles. The first-order chi connectivity index (χ1) is 11.6. The Labute approximate surface area is 139 Å². The zero-order chi connectivity index (χ0) is 17.1. The molecule has 0 aromatic heterocycles. The summed E-state index contributed by atoms with van der Waals surface area (Å²) in [6, 6.07) is 13.2. The molecule has 0 aliphatic heterocycles. The van der Waals surface area contributed by atoms with Gasteiger partial charge in [0.15, 0.2) is 0 Å². The summed E-state index contributed by atoms with van der Waals surface area (Å²) in [5.41, 5.74) is 2.23. The van der Waals surface area contributed by atoms with E-state index in [4.69, 9.17) is 9.57 Å². The van der Waals surface area contributed by atoms with E-state index >= 15 is 0 Å². The van der Waals surface area contributed by atoms with Crippen LogP contribution in [0.15, 0.2) is 53.7 Å². The fourth-order valence-electron chi connectivity index (χ4n) is 2.72. The van der Waals surface area contributed by atoms with Crippen molar-refractivity contribution in [1.29, 1.82) is 0 Å². The molecule has 1 fully saturated rings. The van der Waals surface area contributed by atoms with E-state index in [0.717, 1.165) is 17.7 Å². The number of benzene rings is 2. The average Bonchev–Trinajstić information content (AvgIpc) is 3.41. The number of oxime groups is 1. The van der Waals surface area contributed by atoms with Gasteiger partial charge >= 0.3 is 5.97 Å². The summed E-state index contributed by atoms with van der Waals surface area (Å²) in [5.74, 6) is 0.364. The Kier molecular flexibility index (Phi) is 4.60. The Bertz CT molecular complexity index is 770. The number of rotatable bonds is 5. The highest BCUT2D eigenvalue weighted by molar-refractivity contribution is 5.92. The summed E-state index contributed by atoms with van der Waals surface area (Å²) in [6.07, 6.45) is 0.928. The predicted molar refractivity (Wildman–Crippen MR) is 88.8 cm³/mol. The fourth-order valence-corrected chi connectivity index (χ4v) is 2.72. The van der Waals surface area contributed by atoms with Crippen LogP contribution < -0.4 is 4.74 Å². The van der Waals surface area contributed by atoms with Gasteiger partial charge in [-0.1, -0.05) is 23.4 Å². The third kappa shape index (κ3) is 3.62. The first kappa shape index (κ1) is 16.2. The second-order valence-electron chi connectivity index (χ2n) is 5.84. The van der Waals surface area contributed by atoms with E-state index in [0.29, 0.717) is 17.2 Å². The molecule has 1 aliphatic rings. The molecule has 2 aromatic carbocycles. The predicted octanol–water partition coefficient (Wildman–Crippen LogP) is 4.17. The van der Waals surface area contributed by atoms with Crippen LogP contribution in [0.25, 0.3) is 0 Å². The van der Waals surface area contributed by atoms with E-state index < -0.39 is 5.97 Å². The SMILES string of the molecule is COc1cccc(C(=O)ON=C(C)[C@@H]2C[C@@H]2c2ccc(F)cc2)c1. The van der Waals surface area contributed by atoms with Crippen LogP contribution in [-0.4, -0.2) is 18.8 Å². The van der Waals surface area contributed by atoms with Crippen molar-refractivity contribution in [2.45, 2.75) is 19.3 Å². The first-order valence-electron chi connectivity index (χ1n) is 7.74. The van der Waals surface area contributed by atoms with Crippen molar-refractivity contribution < 1.29 is 18.8 Å². The van der Waals surface area contributed by atoms with Crippen molar-refractivity contribution in [2.75, 3.05) is 7.11 Å². The van der Waals surface area contributed by atoms with Crippen molar-refractivity contribution in [3.05, 3.63) is 65.5 Å². The monoisotopic (exact) mass is 327 g/mol. The normalized spacial score (nSPS) is 19.7. The molecule has 2 aromatic rings. The number of carbonyl (C=O) groups excluding carboxylic acids is 1. The average molecular weight is 327 g/mol. The molecule has 124 valence electrons. The number of hydrogen-bond donors (Lipinski definition) is 0. The van der Waals surface area contributed by atoms with E-state index in [-0.39, 0.29) is 11.7 Å². The van der Waals surface area contributed by atoms with Gasteiger partial charge in [-0.2, -0.15) is 0 Å². The molecular weight excluding hydrogens is 309 g/mol. The van der Waals surface area contributed by atoms with Crippen LogP contribution in [0.5, 0.6) is 5.75 Å². The summed E-state index contributed by atoms with van der Waals surface area (Å²) in [7, 11) is 1.54. The Hall–Kier alpha value is -2.69. The van der Waals surface area contributed by atoms with Gasteiger partial charge in [0.1, 0.15) is 11.6 Å². The lowest BCUT2D eigenvalue weighted by Crippen LogP contribution is -2.05. The number of halogens is 1. The molecule has 0 bridgehead atoms. The summed E-state index contributed by atoms with van der Waals surface area (Å²) < 4.78 is 18.0. The van der Waals surface area contributed by atoms with Crippen LogP contribution in [0.4, 0.5) is 4.39 Å². The van der Waals surface area contributed by atoms with Crippen LogP contribution in [0, 0.1) is 11.7 Å². The molecule has 0 spiro atoms. The number of ether oxygens (including phenoxy) is 1. The molecule has 0 unspecified atom stereocenters. The smallest absolute Gasteiger partial charge is 0.365 e. The van der Waals surface area contributed by atoms with E-state index in [2.05, 4.69) is 5.16 Å². The van der Waals surface area contributed by atoms with E-state index in [1.54, 1.807) is 36.4 Å². The molecule has 2 atom stereocenters. The molecular formula is C19H18FNO3. The first-order valence-corrected chi connectivity index (χ1v) is 7.74. The van der Waals surface area contributed by atoms with Gasteiger partial charge in [-0.25, -0.2) is 9.18 Å². The van der Waals surface area contributed by atoms with Crippen LogP contribution in [-0.2, 0) is 4.84 Å². The standard InChI is InChI=1S/C19H18FNO3/c1-12(17-11-18(17)13-6-8-15(20)9-7-13)21-24-19(22)14-4-3-5-16(10-14)23-2/h3-10,17-18H,11H2,1-2H3/t17-,18+/m0/s1. The Balaban J connectivity index is 1.60. The van der Waals surface area contributed by atoms with Gasteiger partial charge in [0.25, 0.3) is 0 Å². The second kappa shape index (κ2) is 6.83. The van der Waals surface area contributed by atoms with Gasteiger partial charge in [0, 0.05) is 5.92 Å². The number of hydrogen-bond acceptors (Lipinski definition) is 4. The maximum absolute atomic E-state index is 13.0. The van der Waals surface area contributed by atoms with Crippen LogP contribution in [0.2, 0.25) is 0 Å². The van der Waals surface area contributed by atoms with E-state index in [1.165, 1.54) is 19.2 Å². The highest BCUT2D eigenvalue weighted by atomic mass is 19.1. The fraction of sp³-hybridized carbons (Fsp3) is 0.263. The summed E-state index contributed by atoms with van der Waals surface area (Å²) in [4.78, 5) is 17.1. The Morgan fingerprint density at radius 3 is 2.67 bits per heavy atom. The van der Waals surface area contributed by atoms with Crippen molar-refractivity contribution in [1.82, 2.24) is 0 Å². The lowest BCUT2D eigenvalue weighted by molar-refractivity contribution is 0.0514. The second-order valence-corrected chi connectivity index (χ2v) is 5.84. The van der Waals surface area contributed by atoms with E-state index in [9.17, 15) is 9.18 Å². The number of methoxy groups -OCH3 is 1. The summed E-state index contributed by atoms with van der Waals surface area (Å²) in [5, 5.41) is 3.96. The van der Waals surface area contributed by atoms with Gasteiger partial charge in [-0.3, -0.25) is 0 Å². The maximum atomic E-state index is 13.0. The largest absolute Gasteiger partial charge is 0.497 e. The summed E-state index contributed by atoms with van der Waals surface area (Å²) >= 11 is 0. The molecule has 5 heteroatoms.